The lowest BCUT2D eigenvalue weighted by Crippen LogP contribution is -2.00. The average molecular weight is 244 g/mol. The Labute approximate surface area is 106 Å². The van der Waals surface area contributed by atoms with E-state index >= 15 is 0 Å². The number of rotatable bonds is 4. The molecule has 0 amide bonds. The Balaban J connectivity index is 2.20. The average Bonchev–Trinajstić information content (AvgIpc) is 2.39. The number of nitrogens with zero attached hydrogens (tertiary/aromatic N) is 2. The summed E-state index contributed by atoms with van der Waals surface area (Å²) in [7, 11) is 3.45. The first-order chi connectivity index (χ1) is 8.72. The Kier molecular flexibility index (Phi) is 3.62. The summed E-state index contributed by atoms with van der Waals surface area (Å²) >= 11 is 0. The minimum Gasteiger partial charge on any atom is -0.496 e. The number of ether oxygens (including phenoxy) is 1. The summed E-state index contributed by atoms with van der Waals surface area (Å²) < 4.78 is 5.22. The van der Waals surface area contributed by atoms with Crippen molar-refractivity contribution in [3.05, 3.63) is 36.0 Å². The monoisotopic (exact) mass is 244 g/mol. The first-order valence-corrected chi connectivity index (χ1v) is 5.65. The van der Waals surface area contributed by atoms with Crippen LogP contribution in [-0.4, -0.2) is 24.1 Å². The second kappa shape index (κ2) is 5.35. The molecule has 0 saturated carbocycles. The lowest BCUT2D eigenvalue weighted by Gasteiger charge is -2.09. The second-order valence-electron chi connectivity index (χ2n) is 3.82. The first-order valence-electron chi connectivity index (χ1n) is 5.65. The molecule has 0 unspecified atom stereocenters. The van der Waals surface area contributed by atoms with Crippen molar-refractivity contribution in [1.29, 1.82) is 0 Å². The number of benzene rings is 1. The zero-order valence-electron chi connectivity index (χ0n) is 10.7. The zero-order chi connectivity index (χ0) is 13.0. The van der Waals surface area contributed by atoms with E-state index in [0.717, 1.165) is 22.8 Å². The van der Waals surface area contributed by atoms with Crippen molar-refractivity contribution in [3.8, 4) is 5.75 Å². The lowest BCUT2D eigenvalue weighted by atomic mass is 10.2. The minimum absolute atomic E-state index is 0.588. The standard InChI is InChI=1S/C13H16N4O/c1-9-8-10(4-5-11(9)18-3)16-12-6-7-15-13(14-2)17-12/h4-8H,1-3H3,(H2,14,15,16,17). The van der Waals surface area contributed by atoms with Crippen LogP contribution in [0.1, 0.15) is 5.56 Å². The van der Waals surface area contributed by atoms with Gasteiger partial charge < -0.3 is 15.4 Å². The van der Waals surface area contributed by atoms with Crippen LogP contribution in [0.3, 0.4) is 0 Å². The van der Waals surface area contributed by atoms with Gasteiger partial charge in [-0.1, -0.05) is 0 Å². The number of anilines is 3. The highest BCUT2D eigenvalue weighted by Gasteiger charge is 2.02. The van der Waals surface area contributed by atoms with Gasteiger partial charge in [-0.25, -0.2) is 4.98 Å². The smallest absolute Gasteiger partial charge is 0.224 e. The van der Waals surface area contributed by atoms with Gasteiger partial charge in [-0.05, 0) is 36.8 Å². The van der Waals surface area contributed by atoms with Gasteiger partial charge in [0.2, 0.25) is 5.95 Å². The largest absolute Gasteiger partial charge is 0.496 e. The van der Waals surface area contributed by atoms with Crippen molar-refractivity contribution in [2.45, 2.75) is 6.92 Å². The molecule has 1 aromatic heterocycles. The molecule has 5 heteroatoms. The molecule has 0 spiro atoms. The van der Waals surface area contributed by atoms with E-state index in [-0.39, 0.29) is 0 Å². The second-order valence-corrected chi connectivity index (χ2v) is 3.82. The summed E-state index contributed by atoms with van der Waals surface area (Å²) in [5, 5.41) is 6.12. The van der Waals surface area contributed by atoms with Crippen LogP contribution in [0.2, 0.25) is 0 Å². The number of nitrogens with one attached hydrogen (secondary N) is 2. The summed E-state index contributed by atoms with van der Waals surface area (Å²) in [4.78, 5) is 8.36. The summed E-state index contributed by atoms with van der Waals surface area (Å²) in [6, 6.07) is 7.71. The molecule has 0 aliphatic rings. The highest BCUT2D eigenvalue weighted by Crippen LogP contribution is 2.23. The number of hydrogen-bond donors (Lipinski definition) is 2. The van der Waals surface area contributed by atoms with Crippen LogP contribution in [0.5, 0.6) is 5.75 Å². The van der Waals surface area contributed by atoms with Gasteiger partial charge in [0.25, 0.3) is 0 Å². The first kappa shape index (κ1) is 12.2. The van der Waals surface area contributed by atoms with Crippen molar-refractivity contribution in [2.75, 3.05) is 24.8 Å². The summed E-state index contributed by atoms with van der Waals surface area (Å²) in [6.45, 7) is 2.00. The molecule has 18 heavy (non-hydrogen) atoms. The van der Waals surface area contributed by atoms with Crippen molar-refractivity contribution in [1.82, 2.24) is 9.97 Å². The SMILES string of the molecule is CNc1nccc(Nc2ccc(OC)c(C)c2)n1. The number of aryl methyl sites for hydroxylation is 1. The Morgan fingerprint density at radius 1 is 1.22 bits per heavy atom. The molecule has 5 nitrogen and oxygen atoms in total. The van der Waals surface area contributed by atoms with Gasteiger partial charge in [-0.2, -0.15) is 4.98 Å². The summed E-state index contributed by atoms with van der Waals surface area (Å²) in [6.07, 6.45) is 1.71. The molecule has 0 bridgehead atoms. The third-order valence-corrected chi connectivity index (χ3v) is 2.55. The molecular formula is C13H16N4O. The van der Waals surface area contributed by atoms with Gasteiger partial charge >= 0.3 is 0 Å². The molecule has 0 radical (unpaired) electrons. The summed E-state index contributed by atoms with van der Waals surface area (Å²) in [5.41, 5.74) is 2.04. The van der Waals surface area contributed by atoms with Gasteiger partial charge in [-0.3, -0.25) is 0 Å². The molecule has 2 rings (SSSR count). The van der Waals surface area contributed by atoms with Crippen LogP contribution in [0.15, 0.2) is 30.5 Å². The lowest BCUT2D eigenvalue weighted by molar-refractivity contribution is 0.412. The van der Waals surface area contributed by atoms with E-state index in [1.807, 2.05) is 31.2 Å². The van der Waals surface area contributed by atoms with Crippen molar-refractivity contribution in [2.24, 2.45) is 0 Å². The molecule has 0 fully saturated rings. The number of aromatic nitrogens is 2. The van der Waals surface area contributed by atoms with E-state index in [1.54, 1.807) is 20.4 Å². The molecule has 1 aromatic carbocycles. The van der Waals surface area contributed by atoms with Crippen molar-refractivity contribution < 1.29 is 4.74 Å². The molecule has 2 aromatic rings. The number of methoxy groups -OCH3 is 1. The van der Waals surface area contributed by atoms with Crippen molar-refractivity contribution >= 4 is 17.5 Å². The fourth-order valence-electron chi connectivity index (χ4n) is 1.65. The van der Waals surface area contributed by atoms with Gasteiger partial charge in [-0.15, -0.1) is 0 Å². The van der Waals surface area contributed by atoms with Gasteiger partial charge in [0, 0.05) is 18.9 Å². The van der Waals surface area contributed by atoms with E-state index in [9.17, 15) is 0 Å². The Morgan fingerprint density at radius 3 is 2.72 bits per heavy atom. The molecule has 94 valence electrons. The maximum atomic E-state index is 5.22. The van der Waals surface area contributed by atoms with Crippen LogP contribution < -0.4 is 15.4 Å². The fraction of sp³-hybridized carbons (Fsp3) is 0.231. The van der Waals surface area contributed by atoms with Crippen LogP contribution in [-0.2, 0) is 0 Å². The quantitative estimate of drug-likeness (QED) is 0.865. The van der Waals surface area contributed by atoms with E-state index < -0.39 is 0 Å². The summed E-state index contributed by atoms with van der Waals surface area (Å²) in [5.74, 6) is 2.21. The van der Waals surface area contributed by atoms with Crippen LogP contribution in [0, 0.1) is 6.92 Å². The molecule has 0 atom stereocenters. The van der Waals surface area contributed by atoms with Crippen LogP contribution in [0.25, 0.3) is 0 Å². The Hall–Kier alpha value is -2.30. The van der Waals surface area contributed by atoms with E-state index in [4.69, 9.17) is 4.74 Å². The molecule has 1 heterocycles. The highest BCUT2D eigenvalue weighted by molar-refractivity contribution is 5.59. The van der Waals surface area contributed by atoms with Gasteiger partial charge in [0.05, 0.1) is 7.11 Å². The molecule has 0 saturated heterocycles. The zero-order valence-corrected chi connectivity index (χ0v) is 10.7. The molecule has 0 aliphatic heterocycles. The maximum Gasteiger partial charge on any atom is 0.224 e. The number of hydrogen-bond acceptors (Lipinski definition) is 5. The normalized spacial score (nSPS) is 9.94. The van der Waals surface area contributed by atoms with Gasteiger partial charge in [0.1, 0.15) is 11.6 Å². The van der Waals surface area contributed by atoms with E-state index in [0.29, 0.717) is 5.95 Å². The predicted octanol–water partition coefficient (Wildman–Crippen LogP) is 2.58. The van der Waals surface area contributed by atoms with Gasteiger partial charge in [0.15, 0.2) is 0 Å². The van der Waals surface area contributed by atoms with Crippen LogP contribution in [0.4, 0.5) is 17.5 Å². The Bertz CT molecular complexity index is 542. The predicted molar refractivity (Wildman–Crippen MR) is 72.6 cm³/mol. The third kappa shape index (κ3) is 2.68. The highest BCUT2D eigenvalue weighted by atomic mass is 16.5. The molecule has 0 aliphatic carbocycles. The van der Waals surface area contributed by atoms with Crippen LogP contribution >= 0.6 is 0 Å². The van der Waals surface area contributed by atoms with Crippen molar-refractivity contribution in [3.63, 3.8) is 0 Å². The maximum absolute atomic E-state index is 5.22. The molecule has 2 N–H and O–H groups in total. The van der Waals surface area contributed by atoms with E-state index in [1.165, 1.54) is 0 Å². The molecular weight excluding hydrogens is 228 g/mol. The Morgan fingerprint density at radius 2 is 2.06 bits per heavy atom. The van der Waals surface area contributed by atoms with E-state index in [2.05, 4.69) is 20.6 Å². The minimum atomic E-state index is 0.588. The third-order valence-electron chi connectivity index (χ3n) is 2.55. The fourth-order valence-corrected chi connectivity index (χ4v) is 1.65. The topological polar surface area (TPSA) is 59.1 Å².